The van der Waals surface area contributed by atoms with Gasteiger partial charge in [-0.3, -0.25) is 0 Å². The average molecular weight is 275 g/mol. The molecule has 0 aliphatic carbocycles. The molecule has 2 aromatic rings. The number of rotatable bonds is 5. The monoisotopic (exact) mass is 275 g/mol. The van der Waals surface area contributed by atoms with E-state index in [1.807, 2.05) is 36.4 Å². The smallest absolute Gasteiger partial charge is 0.186 e. The fraction of sp³-hybridized carbons (Fsp3) is 0.200. The molecule has 0 aromatic heterocycles. The molecule has 0 saturated carbocycles. The Morgan fingerprint density at radius 3 is 2.00 bits per heavy atom. The van der Waals surface area contributed by atoms with Crippen molar-refractivity contribution in [2.45, 2.75) is 10.1 Å². The molecule has 0 amide bonds. The first kappa shape index (κ1) is 13.8. The molecule has 4 heteroatoms. The topological polar surface area (TPSA) is 46.2 Å². The fourth-order valence-corrected chi connectivity index (χ4v) is 3.80. The summed E-state index contributed by atoms with van der Waals surface area (Å²) in [7, 11) is -1.62. The maximum Gasteiger partial charge on any atom is 0.186 e. The van der Waals surface area contributed by atoms with Gasteiger partial charge in [0.05, 0.1) is 4.90 Å². The van der Waals surface area contributed by atoms with E-state index in [4.69, 9.17) is 0 Å². The minimum atomic E-state index is -3.38. The number of benzene rings is 2. The molecule has 100 valence electrons. The average Bonchev–Trinajstić information content (AvgIpc) is 2.46. The molecule has 2 aromatic carbocycles. The zero-order valence-electron chi connectivity index (χ0n) is 10.8. The van der Waals surface area contributed by atoms with Crippen LogP contribution in [0.15, 0.2) is 65.6 Å². The number of nitrogens with one attached hydrogen (secondary N) is 1. The van der Waals surface area contributed by atoms with Crippen LogP contribution in [0.2, 0.25) is 0 Å². The molecule has 1 atom stereocenters. The van der Waals surface area contributed by atoms with Crippen molar-refractivity contribution in [3.63, 3.8) is 0 Å². The summed E-state index contributed by atoms with van der Waals surface area (Å²) in [5.74, 6) is 0. The van der Waals surface area contributed by atoms with E-state index in [0.29, 0.717) is 11.4 Å². The highest BCUT2D eigenvalue weighted by molar-refractivity contribution is 7.91. The minimum absolute atomic E-state index is 0.360. The maximum absolute atomic E-state index is 12.7. The van der Waals surface area contributed by atoms with Gasteiger partial charge in [0, 0.05) is 6.54 Å². The molecule has 3 nitrogen and oxygen atoms in total. The summed E-state index contributed by atoms with van der Waals surface area (Å²) in [5, 5.41) is 2.39. The lowest BCUT2D eigenvalue weighted by molar-refractivity contribution is 0.576. The van der Waals surface area contributed by atoms with Gasteiger partial charge in [0.2, 0.25) is 0 Å². The van der Waals surface area contributed by atoms with Gasteiger partial charge in [-0.15, -0.1) is 0 Å². The van der Waals surface area contributed by atoms with E-state index >= 15 is 0 Å². The van der Waals surface area contributed by atoms with Crippen LogP contribution in [0, 0.1) is 0 Å². The van der Waals surface area contributed by atoms with Crippen molar-refractivity contribution in [1.82, 2.24) is 5.32 Å². The third kappa shape index (κ3) is 3.03. The lowest BCUT2D eigenvalue weighted by Crippen LogP contribution is -2.24. The van der Waals surface area contributed by atoms with E-state index in [9.17, 15) is 8.42 Å². The number of likely N-dealkylation sites (N-methyl/N-ethyl adjacent to an activating group) is 1. The SMILES string of the molecule is CNCC(c1ccccc1)S(=O)(=O)c1ccccc1. The van der Waals surface area contributed by atoms with E-state index < -0.39 is 15.1 Å². The molecule has 0 aliphatic rings. The van der Waals surface area contributed by atoms with Gasteiger partial charge in [-0.25, -0.2) is 8.42 Å². The van der Waals surface area contributed by atoms with Gasteiger partial charge in [-0.05, 0) is 24.7 Å². The third-order valence-electron chi connectivity index (χ3n) is 3.01. The molecule has 0 radical (unpaired) electrons. The standard InChI is InChI=1S/C15H17NO2S/c1-16-12-15(13-8-4-2-5-9-13)19(17,18)14-10-6-3-7-11-14/h2-11,15-16H,12H2,1H3. The third-order valence-corrected chi connectivity index (χ3v) is 5.12. The largest absolute Gasteiger partial charge is 0.318 e. The van der Waals surface area contributed by atoms with Crippen LogP contribution in [0.5, 0.6) is 0 Å². The van der Waals surface area contributed by atoms with Gasteiger partial charge in [0.25, 0.3) is 0 Å². The predicted molar refractivity (Wildman–Crippen MR) is 76.7 cm³/mol. The molecule has 2 rings (SSSR count). The summed E-state index contributed by atoms with van der Waals surface area (Å²) in [5.41, 5.74) is 0.806. The van der Waals surface area contributed by atoms with Crippen molar-refractivity contribution >= 4 is 9.84 Å². The van der Waals surface area contributed by atoms with Crippen LogP contribution in [-0.4, -0.2) is 22.0 Å². The molecule has 0 saturated heterocycles. The Labute approximate surface area is 114 Å². The Kier molecular flexibility index (Phi) is 4.35. The molecule has 0 fully saturated rings. The van der Waals surface area contributed by atoms with Crippen molar-refractivity contribution in [2.75, 3.05) is 13.6 Å². The Hall–Kier alpha value is -1.65. The molecule has 0 spiro atoms. The van der Waals surface area contributed by atoms with Crippen LogP contribution < -0.4 is 5.32 Å². The second-order valence-electron chi connectivity index (χ2n) is 4.32. The van der Waals surface area contributed by atoms with Crippen molar-refractivity contribution in [3.05, 3.63) is 66.2 Å². The molecule has 1 unspecified atom stereocenters. The molecular formula is C15H17NO2S. The van der Waals surface area contributed by atoms with Gasteiger partial charge in [0.15, 0.2) is 9.84 Å². The Balaban J connectivity index is 2.45. The van der Waals surface area contributed by atoms with Crippen LogP contribution in [0.1, 0.15) is 10.8 Å². The van der Waals surface area contributed by atoms with Gasteiger partial charge < -0.3 is 5.32 Å². The molecule has 0 heterocycles. The maximum atomic E-state index is 12.7. The van der Waals surface area contributed by atoms with Crippen molar-refractivity contribution in [3.8, 4) is 0 Å². The first-order chi connectivity index (χ1) is 9.16. The van der Waals surface area contributed by atoms with E-state index in [1.165, 1.54) is 0 Å². The van der Waals surface area contributed by atoms with Crippen LogP contribution in [0.3, 0.4) is 0 Å². The van der Waals surface area contributed by atoms with Crippen LogP contribution in [0.25, 0.3) is 0 Å². The Bertz CT molecular complexity index is 609. The second-order valence-corrected chi connectivity index (χ2v) is 6.45. The predicted octanol–water partition coefficient (Wildman–Crippen LogP) is 2.42. The summed E-state index contributed by atoms with van der Waals surface area (Å²) < 4.78 is 25.4. The second kappa shape index (κ2) is 5.99. The lowest BCUT2D eigenvalue weighted by atomic mass is 10.1. The molecule has 0 bridgehead atoms. The quantitative estimate of drug-likeness (QED) is 0.911. The van der Waals surface area contributed by atoms with Gasteiger partial charge >= 0.3 is 0 Å². The van der Waals surface area contributed by atoms with Gasteiger partial charge in [-0.1, -0.05) is 48.5 Å². The highest BCUT2D eigenvalue weighted by atomic mass is 32.2. The van der Waals surface area contributed by atoms with Gasteiger partial charge in [-0.2, -0.15) is 0 Å². The highest BCUT2D eigenvalue weighted by Crippen LogP contribution is 2.28. The van der Waals surface area contributed by atoms with Crippen LogP contribution >= 0.6 is 0 Å². The Morgan fingerprint density at radius 2 is 1.47 bits per heavy atom. The van der Waals surface area contributed by atoms with Crippen molar-refractivity contribution < 1.29 is 8.42 Å². The molecular weight excluding hydrogens is 258 g/mol. The molecule has 1 N–H and O–H groups in total. The minimum Gasteiger partial charge on any atom is -0.318 e. The summed E-state index contributed by atoms with van der Waals surface area (Å²) >= 11 is 0. The first-order valence-corrected chi connectivity index (χ1v) is 7.69. The number of hydrogen-bond acceptors (Lipinski definition) is 3. The fourth-order valence-electron chi connectivity index (χ4n) is 2.03. The first-order valence-electron chi connectivity index (χ1n) is 6.15. The van der Waals surface area contributed by atoms with E-state index in [2.05, 4.69) is 5.32 Å². The van der Waals surface area contributed by atoms with E-state index in [1.54, 1.807) is 31.3 Å². The highest BCUT2D eigenvalue weighted by Gasteiger charge is 2.28. The zero-order valence-corrected chi connectivity index (χ0v) is 11.6. The van der Waals surface area contributed by atoms with E-state index in [0.717, 1.165) is 5.56 Å². The molecule has 19 heavy (non-hydrogen) atoms. The van der Waals surface area contributed by atoms with Crippen molar-refractivity contribution in [2.24, 2.45) is 0 Å². The summed E-state index contributed by atoms with van der Waals surface area (Å²) in [4.78, 5) is 0.360. The Morgan fingerprint density at radius 1 is 0.947 bits per heavy atom. The zero-order chi connectivity index (χ0) is 13.7. The summed E-state index contributed by atoms with van der Waals surface area (Å²) in [6.07, 6.45) is 0. The summed E-state index contributed by atoms with van der Waals surface area (Å²) in [6, 6.07) is 17.9. The normalized spacial score (nSPS) is 13.1. The van der Waals surface area contributed by atoms with Crippen LogP contribution in [-0.2, 0) is 9.84 Å². The van der Waals surface area contributed by atoms with Crippen LogP contribution in [0.4, 0.5) is 0 Å². The van der Waals surface area contributed by atoms with E-state index in [-0.39, 0.29) is 0 Å². The molecule has 0 aliphatic heterocycles. The number of hydrogen-bond donors (Lipinski definition) is 1. The summed E-state index contributed by atoms with van der Waals surface area (Å²) in [6.45, 7) is 0.390. The van der Waals surface area contributed by atoms with Gasteiger partial charge in [0.1, 0.15) is 5.25 Å². The number of sulfone groups is 1. The lowest BCUT2D eigenvalue weighted by Gasteiger charge is -2.17. The van der Waals surface area contributed by atoms with Crippen molar-refractivity contribution in [1.29, 1.82) is 0 Å².